The topological polar surface area (TPSA) is 108 Å². The van der Waals surface area contributed by atoms with Crippen molar-refractivity contribution in [1.29, 1.82) is 5.26 Å². The molecule has 0 saturated heterocycles. The number of rotatable bonds is 7. The molecule has 0 aliphatic carbocycles. The van der Waals surface area contributed by atoms with Gasteiger partial charge in [-0.25, -0.2) is 9.97 Å². The van der Waals surface area contributed by atoms with E-state index in [-0.39, 0.29) is 21.9 Å². The van der Waals surface area contributed by atoms with Crippen LogP contribution in [-0.4, -0.2) is 20.9 Å². The van der Waals surface area contributed by atoms with Crippen LogP contribution in [0.1, 0.15) is 24.5 Å². The van der Waals surface area contributed by atoms with Crippen LogP contribution in [0.5, 0.6) is 0 Å². The minimum absolute atomic E-state index is 0.130. The fourth-order valence-corrected chi connectivity index (χ4v) is 2.89. The lowest BCUT2D eigenvalue weighted by atomic mass is 10.1. The van der Waals surface area contributed by atoms with E-state index in [1.165, 1.54) is 11.8 Å². The van der Waals surface area contributed by atoms with Crippen molar-refractivity contribution < 1.29 is 5.21 Å². The zero-order valence-electron chi connectivity index (χ0n) is 12.9. The first-order valence-corrected chi connectivity index (χ1v) is 8.51. The SMILES string of the molecule is CCCSc1nc(Cl)c(N([O-])O)c(NCc2cccc(C#N)c2)n1. The normalized spacial score (nSPS) is 10.3. The molecule has 2 aromatic rings. The summed E-state index contributed by atoms with van der Waals surface area (Å²) in [5, 5.41) is 32.4. The summed E-state index contributed by atoms with van der Waals surface area (Å²) in [6.07, 6.45) is 0.935. The number of hydrogen-bond donors (Lipinski definition) is 2. The number of nitriles is 1. The number of nitrogens with zero attached hydrogens (tertiary/aromatic N) is 4. The highest BCUT2D eigenvalue weighted by Gasteiger charge is 2.14. The second kappa shape index (κ2) is 8.70. The van der Waals surface area contributed by atoms with Crippen LogP contribution >= 0.6 is 23.4 Å². The molecule has 0 saturated carbocycles. The Labute approximate surface area is 148 Å². The van der Waals surface area contributed by atoms with Gasteiger partial charge in [0.25, 0.3) is 0 Å². The summed E-state index contributed by atoms with van der Waals surface area (Å²) in [6.45, 7) is 2.33. The maximum absolute atomic E-state index is 11.3. The summed E-state index contributed by atoms with van der Waals surface area (Å²) < 4.78 is 0. The van der Waals surface area contributed by atoms with Crippen molar-refractivity contribution in [2.24, 2.45) is 0 Å². The first-order valence-electron chi connectivity index (χ1n) is 7.14. The number of nitrogens with one attached hydrogen (secondary N) is 1. The molecule has 0 fully saturated rings. The van der Waals surface area contributed by atoms with Gasteiger partial charge in [-0.3, -0.25) is 5.21 Å². The largest absolute Gasteiger partial charge is 0.733 e. The molecule has 0 radical (unpaired) electrons. The highest BCUT2D eigenvalue weighted by Crippen LogP contribution is 2.32. The maximum atomic E-state index is 11.3. The van der Waals surface area contributed by atoms with Gasteiger partial charge in [0.05, 0.1) is 11.6 Å². The van der Waals surface area contributed by atoms with Gasteiger partial charge >= 0.3 is 0 Å². The molecule has 0 bridgehead atoms. The van der Waals surface area contributed by atoms with Gasteiger partial charge in [0.15, 0.2) is 16.1 Å². The molecule has 2 N–H and O–H groups in total. The minimum Gasteiger partial charge on any atom is -0.733 e. The molecule has 0 unspecified atom stereocenters. The minimum atomic E-state index is -0.357. The van der Waals surface area contributed by atoms with Gasteiger partial charge in [0.2, 0.25) is 0 Å². The molecule has 24 heavy (non-hydrogen) atoms. The molecule has 0 atom stereocenters. The van der Waals surface area contributed by atoms with E-state index >= 15 is 0 Å². The van der Waals surface area contributed by atoms with Crippen LogP contribution in [0.4, 0.5) is 11.5 Å². The monoisotopic (exact) mass is 364 g/mol. The first kappa shape index (κ1) is 18.3. The molecular formula is C15H15ClN5O2S-. The summed E-state index contributed by atoms with van der Waals surface area (Å²) >= 11 is 7.39. The molecule has 1 heterocycles. The highest BCUT2D eigenvalue weighted by molar-refractivity contribution is 7.99. The van der Waals surface area contributed by atoms with Crippen molar-refractivity contribution in [2.75, 3.05) is 16.3 Å². The van der Waals surface area contributed by atoms with Crippen molar-refractivity contribution in [3.05, 3.63) is 45.8 Å². The molecule has 0 aliphatic rings. The summed E-state index contributed by atoms with van der Waals surface area (Å²) in [5.41, 5.74) is 1.11. The van der Waals surface area contributed by atoms with Gasteiger partial charge in [0.1, 0.15) is 5.69 Å². The summed E-state index contributed by atoms with van der Waals surface area (Å²) in [5.74, 6) is 0.938. The number of halogens is 1. The molecular weight excluding hydrogens is 350 g/mol. The molecule has 1 aromatic heterocycles. The smallest absolute Gasteiger partial charge is 0.191 e. The predicted molar refractivity (Wildman–Crippen MR) is 94.2 cm³/mol. The molecule has 7 nitrogen and oxygen atoms in total. The third kappa shape index (κ3) is 4.72. The average molecular weight is 365 g/mol. The van der Waals surface area contributed by atoms with Gasteiger partial charge in [-0.1, -0.05) is 42.4 Å². The molecule has 0 spiro atoms. The van der Waals surface area contributed by atoms with E-state index in [4.69, 9.17) is 16.9 Å². The Morgan fingerprint density at radius 3 is 2.92 bits per heavy atom. The molecule has 1 aromatic carbocycles. The number of thioether (sulfide) groups is 1. The predicted octanol–water partition coefficient (Wildman–Crippen LogP) is 3.81. The standard InChI is InChI=1S/C15H15ClN5O2S/c1-2-6-24-15-19-13(16)12(21(22)23)14(20-15)18-9-11-5-3-4-10(7-11)8-17/h3-5,7,22H,2,6,9H2,1H3,(H,18,19,20)/q-1. The third-order valence-electron chi connectivity index (χ3n) is 2.96. The van der Waals surface area contributed by atoms with E-state index in [1.807, 2.05) is 13.0 Å². The molecule has 126 valence electrons. The number of hydrogen-bond acceptors (Lipinski definition) is 8. The second-order valence-corrected chi connectivity index (χ2v) is 6.20. The van der Waals surface area contributed by atoms with Gasteiger partial charge in [-0.2, -0.15) is 5.26 Å². The van der Waals surface area contributed by atoms with Crippen molar-refractivity contribution in [3.63, 3.8) is 0 Å². The maximum Gasteiger partial charge on any atom is 0.191 e. The van der Waals surface area contributed by atoms with E-state index < -0.39 is 0 Å². The van der Waals surface area contributed by atoms with E-state index in [0.717, 1.165) is 17.7 Å². The fourth-order valence-electron chi connectivity index (χ4n) is 1.90. The fraction of sp³-hybridized carbons (Fsp3) is 0.267. The van der Waals surface area contributed by atoms with E-state index in [0.29, 0.717) is 17.3 Å². The lowest BCUT2D eigenvalue weighted by Gasteiger charge is -2.25. The van der Waals surface area contributed by atoms with Crippen molar-refractivity contribution >= 4 is 34.9 Å². The van der Waals surface area contributed by atoms with Crippen LogP contribution in [0.25, 0.3) is 0 Å². The van der Waals surface area contributed by atoms with Crippen LogP contribution in [-0.2, 0) is 6.54 Å². The Hall–Kier alpha value is -2.05. The first-order chi connectivity index (χ1) is 11.5. The quantitative estimate of drug-likeness (QED) is 0.330. The van der Waals surface area contributed by atoms with Gasteiger partial charge in [-0.05, 0) is 24.1 Å². The van der Waals surface area contributed by atoms with Crippen molar-refractivity contribution in [1.82, 2.24) is 9.97 Å². The van der Waals surface area contributed by atoms with Gasteiger partial charge in [-0.15, -0.1) is 0 Å². The number of aromatic nitrogens is 2. The Bertz CT molecular complexity index is 751. The molecule has 9 heteroatoms. The average Bonchev–Trinajstić information content (AvgIpc) is 2.57. The van der Waals surface area contributed by atoms with Crippen molar-refractivity contribution in [3.8, 4) is 6.07 Å². The molecule has 0 aliphatic heterocycles. The molecule has 2 rings (SSSR count). The third-order valence-corrected chi connectivity index (χ3v) is 4.28. The van der Waals surface area contributed by atoms with Crippen molar-refractivity contribution in [2.45, 2.75) is 25.0 Å². The zero-order valence-corrected chi connectivity index (χ0v) is 14.4. The Morgan fingerprint density at radius 1 is 1.46 bits per heavy atom. The summed E-state index contributed by atoms with van der Waals surface area (Å²) in [4.78, 5) is 8.25. The Kier molecular flexibility index (Phi) is 6.63. The number of anilines is 2. The van der Waals surface area contributed by atoms with Crippen LogP contribution in [0.2, 0.25) is 5.15 Å². The summed E-state index contributed by atoms with van der Waals surface area (Å²) in [7, 11) is 0. The van der Waals surface area contributed by atoms with Gasteiger partial charge < -0.3 is 15.8 Å². The summed E-state index contributed by atoms with van der Waals surface area (Å²) in [6, 6.07) is 9.07. The van der Waals surface area contributed by atoms with E-state index in [1.54, 1.807) is 18.2 Å². The van der Waals surface area contributed by atoms with E-state index in [2.05, 4.69) is 21.4 Å². The van der Waals surface area contributed by atoms with Crippen LogP contribution in [0.15, 0.2) is 29.4 Å². The lowest BCUT2D eigenvalue weighted by Crippen LogP contribution is -2.14. The Balaban J connectivity index is 2.25. The lowest BCUT2D eigenvalue weighted by molar-refractivity contribution is 0.296. The van der Waals surface area contributed by atoms with Crippen LogP contribution in [0, 0.1) is 16.5 Å². The Morgan fingerprint density at radius 2 is 2.25 bits per heavy atom. The number of benzene rings is 1. The van der Waals surface area contributed by atoms with E-state index in [9.17, 15) is 10.4 Å². The van der Waals surface area contributed by atoms with Crippen LogP contribution < -0.4 is 10.5 Å². The highest BCUT2D eigenvalue weighted by atomic mass is 35.5. The second-order valence-electron chi connectivity index (χ2n) is 4.78. The van der Waals surface area contributed by atoms with Crippen LogP contribution in [0.3, 0.4) is 0 Å². The van der Waals surface area contributed by atoms with Gasteiger partial charge in [0, 0.05) is 12.3 Å². The zero-order chi connectivity index (χ0) is 17.5. The molecule has 0 amide bonds.